The Kier molecular flexibility index (Phi) is 8.63. The molecule has 1 aromatic carbocycles. The van der Waals surface area contributed by atoms with Crippen LogP contribution in [0, 0.1) is 11.3 Å². The first-order valence-corrected chi connectivity index (χ1v) is 6.05. The summed E-state index contributed by atoms with van der Waals surface area (Å²) in [6, 6.07) is 7.29. The number of anilines is 1. The van der Waals surface area contributed by atoms with E-state index in [1.807, 2.05) is 19.9 Å². The van der Waals surface area contributed by atoms with Crippen LogP contribution in [-0.4, -0.2) is 26.7 Å². The lowest BCUT2D eigenvalue weighted by Gasteiger charge is -2.10. The molecule has 104 valence electrons. The second-order valence-electron chi connectivity index (χ2n) is 3.29. The summed E-state index contributed by atoms with van der Waals surface area (Å²) < 4.78 is 9.78. The van der Waals surface area contributed by atoms with Gasteiger partial charge >= 0.3 is 5.97 Å². The molecule has 0 heterocycles. The van der Waals surface area contributed by atoms with E-state index in [-0.39, 0.29) is 18.9 Å². The maximum atomic E-state index is 11.2. The highest BCUT2D eigenvalue weighted by atomic mass is 16.5. The van der Waals surface area contributed by atoms with E-state index in [1.54, 1.807) is 18.2 Å². The van der Waals surface area contributed by atoms with E-state index in [1.165, 1.54) is 14.2 Å². The Hall–Kier alpha value is -2.22. The largest absolute Gasteiger partial charge is 0.496 e. The minimum absolute atomic E-state index is 0.165. The van der Waals surface area contributed by atoms with Crippen LogP contribution in [0.15, 0.2) is 18.2 Å². The van der Waals surface area contributed by atoms with Crippen LogP contribution >= 0.6 is 0 Å². The monoisotopic (exact) mass is 264 g/mol. The molecule has 0 radical (unpaired) electrons. The standard InChI is InChI=1S/C12H14N2O3.C2H6/c1-16-11-8-10(14-6-5-13)4-3-9(11)7-12(15)17-2;1-2/h3-4,8,14H,6-7H2,1-2H3;1-2H3. The highest BCUT2D eigenvalue weighted by molar-refractivity contribution is 5.74. The molecule has 0 fully saturated rings. The third kappa shape index (κ3) is 5.77. The first-order valence-electron chi connectivity index (χ1n) is 6.05. The molecule has 0 atom stereocenters. The Bertz CT molecular complexity index is 439. The summed E-state index contributed by atoms with van der Waals surface area (Å²) in [5.74, 6) is 0.277. The molecule has 0 bridgehead atoms. The zero-order chi connectivity index (χ0) is 14.7. The van der Waals surface area contributed by atoms with Crippen LogP contribution in [0.5, 0.6) is 5.75 Å². The number of rotatable bonds is 5. The summed E-state index contributed by atoms with van der Waals surface area (Å²) in [7, 11) is 2.88. The van der Waals surface area contributed by atoms with Crippen molar-refractivity contribution in [3.05, 3.63) is 23.8 Å². The molecule has 0 unspecified atom stereocenters. The number of esters is 1. The van der Waals surface area contributed by atoms with Crippen LogP contribution in [0.1, 0.15) is 19.4 Å². The van der Waals surface area contributed by atoms with Crippen LogP contribution in [-0.2, 0) is 16.0 Å². The number of methoxy groups -OCH3 is 2. The Morgan fingerprint density at radius 1 is 1.37 bits per heavy atom. The van der Waals surface area contributed by atoms with E-state index in [4.69, 9.17) is 10.00 Å². The van der Waals surface area contributed by atoms with Crippen molar-refractivity contribution in [2.24, 2.45) is 0 Å². The summed E-state index contributed by atoms with van der Waals surface area (Å²) in [5, 5.41) is 11.4. The quantitative estimate of drug-likeness (QED) is 0.653. The van der Waals surface area contributed by atoms with E-state index in [9.17, 15) is 4.79 Å². The van der Waals surface area contributed by atoms with Gasteiger partial charge in [0.05, 0.1) is 26.7 Å². The molecule has 0 aliphatic heterocycles. The summed E-state index contributed by atoms with van der Waals surface area (Å²) >= 11 is 0. The Morgan fingerprint density at radius 3 is 2.58 bits per heavy atom. The molecule has 0 aromatic heterocycles. The van der Waals surface area contributed by atoms with Crippen LogP contribution in [0.4, 0.5) is 5.69 Å². The molecule has 5 heteroatoms. The number of nitriles is 1. The summed E-state index contributed by atoms with van der Waals surface area (Å²) in [6.45, 7) is 4.22. The Balaban J connectivity index is 0.00000154. The van der Waals surface area contributed by atoms with Gasteiger partial charge < -0.3 is 14.8 Å². The molecular formula is C14H20N2O3. The molecule has 1 rings (SSSR count). The van der Waals surface area contributed by atoms with Crippen molar-refractivity contribution in [2.45, 2.75) is 20.3 Å². The second kappa shape index (κ2) is 9.77. The summed E-state index contributed by atoms with van der Waals surface area (Å²) in [5.41, 5.74) is 1.53. The normalized spacial score (nSPS) is 8.58. The van der Waals surface area contributed by atoms with E-state index in [2.05, 4.69) is 10.1 Å². The molecule has 0 aliphatic carbocycles. The van der Waals surface area contributed by atoms with Gasteiger partial charge in [0.2, 0.25) is 0 Å². The lowest BCUT2D eigenvalue weighted by molar-refractivity contribution is -0.139. The van der Waals surface area contributed by atoms with Crippen molar-refractivity contribution < 1.29 is 14.3 Å². The zero-order valence-corrected chi connectivity index (χ0v) is 11.8. The second-order valence-corrected chi connectivity index (χ2v) is 3.29. The third-order valence-electron chi connectivity index (χ3n) is 2.22. The molecule has 5 nitrogen and oxygen atoms in total. The van der Waals surface area contributed by atoms with E-state index in [0.29, 0.717) is 5.75 Å². The average Bonchev–Trinajstić information content (AvgIpc) is 2.48. The number of benzene rings is 1. The number of ether oxygens (including phenoxy) is 2. The molecule has 0 saturated carbocycles. The molecule has 0 aliphatic rings. The van der Waals surface area contributed by atoms with Crippen LogP contribution in [0.2, 0.25) is 0 Å². The number of carbonyl (C=O) groups excluding carboxylic acids is 1. The number of nitrogens with one attached hydrogen (secondary N) is 1. The minimum Gasteiger partial charge on any atom is -0.496 e. The van der Waals surface area contributed by atoms with Gasteiger partial charge in [0.15, 0.2) is 0 Å². The van der Waals surface area contributed by atoms with Crippen molar-refractivity contribution in [3.63, 3.8) is 0 Å². The van der Waals surface area contributed by atoms with Gasteiger partial charge in [-0.05, 0) is 6.07 Å². The summed E-state index contributed by atoms with van der Waals surface area (Å²) in [6.07, 6.45) is 0.165. The molecule has 0 amide bonds. The molecule has 1 N–H and O–H groups in total. The fraction of sp³-hybridized carbons (Fsp3) is 0.429. The maximum Gasteiger partial charge on any atom is 0.310 e. The van der Waals surface area contributed by atoms with Gasteiger partial charge in [-0.15, -0.1) is 0 Å². The predicted octanol–water partition coefficient (Wildman–Crippen LogP) is 2.37. The van der Waals surface area contributed by atoms with Crippen LogP contribution < -0.4 is 10.1 Å². The number of hydrogen-bond acceptors (Lipinski definition) is 5. The summed E-state index contributed by atoms with van der Waals surface area (Å²) in [4.78, 5) is 11.2. The Morgan fingerprint density at radius 2 is 2.05 bits per heavy atom. The zero-order valence-electron chi connectivity index (χ0n) is 11.8. The molecule has 19 heavy (non-hydrogen) atoms. The Labute approximate surface area is 114 Å². The third-order valence-corrected chi connectivity index (χ3v) is 2.22. The highest BCUT2D eigenvalue weighted by Crippen LogP contribution is 2.23. The van der Waals surface area contributed by atoms with Gasteiger partial charge in [-0.1, -0.05) is 19.9 Å². The average molecular weight is 264 g/mol. The van der Waals surface area contributed by atoms with Crippen molar-refractivity contribution in [1.29, 1.82) is 5.26 Å². The number of nitrogens with zero attached hydrogens (tertiary/aromatic N) is 1. The van der Waals surface area contributed by atoms with Crippen molar-refractivity contribution in [1.82, 2.24) is 0 Å². The lowest BCUT2D eigenvalue weighted by atomic mass is 10.1. The first kappa shape index (κ1) is 16.8. The smallest absolute Gasteiger partial charge is 0.310 e. The molecule has 0 spiro atoms. The number of hydrogen-bond donors (Lipinski definition) is 1. The predicted molar refractivity (Wildman–Crippen MR) is 74.2 cm³/mol. The van der Waals surface area contributed by atoms with E-state index in [0.717, 1.165) is 11.3 Å². The van der Waals surface area contributed by atoms with Crippen molar-refractivity contribution >= 4 is 11.7 Å². The lowest BCUT2D eigenvalue weighted by Crippen LogP contribution is -2.06. The van der Waals surface area contributed by atoms with Crippen molar-refractivity contribution in [2.75, 3.05) is 26.1 Å². The van der Waals surface area contributed by atoms with Crippen LogP contribution in [0.25, 0.3) is 0 Å². The van der Waals surface area contributed by atoms with Gasteiger partial charge in [-0.3, -0.25) is 4.79 Å². The van der Waals surface area contributed by atoms with Gasteiger partial charge in [-0.25, -0.2) is 0 Å². The minimum atomic E-state index is -0.318. The SMILES string of the molecule is CC.COC(=O)Cc1ccc(NCC#N)cc1OC. The molecule has 1 aromatic rings. The molecule has 0 saturated heterocycles. The maximum absolute atomic E-state index is 11.2. The van der Waals surface area contributed by atoms with Gasteiger partial charge in [-0.2, -0.15) is 5.26 Å². The number of carbonyl (C=O) groups is 1. The topological polar surface area (TPSA) is 71.3 Å². The fourth-order valence-electron chi connectivity index (χ4n) is 1.37. The van der Waals surface area contributed by atoms with Crippen molar-refractivity contribution in [3.8, 4) is 11.8 Å². The van der Waals surface area contributed by atoms with E-state index >= 15 is 0 Å². The van der Waals surface area contributed by atoms with Crippen LogP contribution in [0.3, 0.4) is 0 Å². The van der Waals surface area contributed by atoms with Gasteiger partial charge in [0.25, 0.3) is 0 Å². The molecular weight excluding hydrogens is 244 g/mol. The highest BCUT2D eigenvalue weighted by Gasteiger charge is 2.09. The fourth-order valence-corrected chi connectivity index (χ4v) is 1.37. The van der Waals surface area contributed by atoms with Gasteiger partial charge in [0, 0.05) is 17.3 Å². The van der Waals surface area contributed by atoms with E-state index < -0.39 is 0 Å². The van der Waals surface area contributed by atoms with Gasteiger partial charge in [0.1, 0.15) is 12.3 Å². The first-order chi connectivity index (χ1) is 9.21.